The molecular weight excluding hydrogens is 424 g/mol. The third-order valence-corrected chi connectivity index (χ3v) is 4.71. The van der Waals surface area contributed by atoms with Crippen LogP contribution >= 0.6 is 15.9 Å². The molecule has 2 aromatic carbocycles. The molecule has 1 heterocycles. The van der Waals surface area contributed by atoms with Crippen molar-refractivity contribution < 1.29 is 9.90 Å². The number of nitrogens with one attached hydrogen (secondary N) is 1. The molecular formula is C21H17BrN2O4. The van der Waals surface area contributed by atoms with Crippen molar-refractivity contribution in [2.24, 2.45) is 0 Å². The highest BCUT2D eigenvalue weighted by molar-refractivity contribution is 9.10. The van der Waals surface area contributed by atoms with Crippen LogP contribution in [0.5, 0.6) is 5.88 Å². The predicted octanol–water partition coefficient (Wildman–Crippen LogP) is 3.14. The van der Waals surface area contributed by atoms with Crippen LogP contribution in [0.3, 0.4) is 0 Å². The average molecular weight is 441 g/mol. The number of hydrogen-bond donors (Lipinski definition) is 2. The van der Waals surface area contributed by atoms with E-state index in [1.54, 1.807) is 12.1 Å². The molecule has 1 aromatic heterocycles. The molecule has 3 rings (SSSR count). The Labute approximate surface area is 168 Å². The number of carbonyl (C=O) groups is 1. The summed E-state index contributed by atoms with van der Waals surface area (Å²) in [5.74, 6) is -1.31. The van der Waals surface area contributed by atoms with Gasteiger partial charge < -0.3 is 5.11 Å². The number of allylic oxidation sites excluding steroid dienone is 1. The number of benzene rings is 2. The van der Waals surface area contributed by atoms with Crippen molar-refractivity contribution in [3.05, 3.63) is 103 Å². The Kier molecular flexibility index (Phi) is 6.06. The van der Waals surface area contributed by atoms with Gasteiger partial charge in [0.2, 0.25) is 5.88 Å². The molecule has 0 saturated carbocycles. The first-order valence-corrected chi connectivity index (χ1v) is 9.33. The van der Waals surface area contributed by atoms with Crippen LogP contribution in [0, 0.1) is 0 Å². The zero-order valence-electron chi connectivity index (χ0n) is 14.8. The minimum absolute atomic E-state index is 0.127. The number of aryl methyl sites for hydroxylation is 1. The third-order valence-electron chi connectivity index (χ3n) is 4.18. The van der Waals surface area contributed by atoms with Gasteiger partial charge in [0.1, 0.15) is 5.56 Å². The third kappa shape index (κ3) is 4.55. The summed E-state index contributed by atoms with van der Waals surface area (Å²) in [4.78, 5) is 38.8. The number of ketones is 1. The summed E-state index contributed by atoms with van der Waals surface area (Å²) in [6.07, 6.45) is 3.19. The lowest BCUT2D eigenvalue weighted by atomic mass is 10.1. The largest absolute Gasteiger partial charge is 0.494 e. The van der Waals surface area contributed by atoms with Gasteiger partial charge in [-0.05, 0) is 35.8 Å². The first-order valence-electron chi connectivity index (χ1n) is 8.53. The second kappa shape index (κ2) is 8.67. The number of aromatic nitrogens is 2. The van der Waals surface area contributed by atoms with Gasteiger partial charge in [0.25, 0.3) is 5.56 Å². The van der Waals surface area contributed by atoms with Crippen LogP contribution in [-0.2, 0) is 13.0 Å². The molecule has 0 bridgehead atoms. The van der Waals surface area contributed by atoms with E-state index >= 15 is 0 Å². The minimum Gasteiger partial charge on any atom is -0.494 e. The lowest BCUT2D eigenvalue weighted by molar-refractivity contribution is 0.104. The number of carbonyl (C=O) groups excluding carboxylic acids is 1. The molecule has 0 spiro atoms. The van der Waals surface area contributed by atoms with Crippen LogP contribution in [0.25, 0.3) is 6.08 Å². The van der Waals surface area contributed by atoms with Gasteiger partial charge in [0, 0.05) is 11.0 Å². The smallest absolute Gasteiger partial charge is 0.331 e. The van der Waals surface area contributed by atoms with Crippen molar-refractivity contribution in [1.29, 1.82) is 0 Å². The summed E-state index contributed by atoms with van der Waals surface area (Å²) >= 11 is 3.33. The number of H-pyrrole nitrogens is 1. The lowest BCUT2D eigenvalue weighted by Crippen LogP contribution is -2.34. The normalized spacial score (nSPS) is 11.0. The van der Waals surface area contributed by atoms with Gasteiger partial charge in [-0.1, -0.05) is 64.5 Å². The van der Waals surface area contributed by atoms with Gasteiger partial charge >= 0.3 is 5.69 Å². The number of rotatable bonds is 6. The highest BCUT2D eigenvalue weighted by atomic mass is 79.9. The van der Waals surface area contributed by atoms with E-state index < -0.39 is 28.5 Å². The Balaban J connectivity index is 1.88. The van der Waals surface area contributed by atoms with Gasteiger partial charge in [0.15, 0.2) is 5.78 Å². The molecule has 0 aliphatic carbocycles. The van der Waals surface area contributed by atoms with E-state index in [9.17, 15) is 19.5 Å². The summed E-state index contributed by atoms with van der Waals surface area (Å²) in [7, 11) is 0. The molecule has 3 aromatic rings. The second-order valence-electron chi connectivity index (χ2n) is 6.09. The quantitative estimate of drug-likeness (QED) is 0.454. The molecule has 0 saturated heterocycles. The summed E-state index contributed by atoms with van der Waals surface area (Å²) in [6.45, 7) is 0.127. The molecule has 0 amide bonds. The monoisotopic (exact) mass is 440 g/mol. The number of nitrogens with zero attached hydrogens (tertiary/aromatic N) is 1. The molecule has 0 aliphatic rings. The van der Waals surface area contributed by atoms with Crippen molar-refractivity contribution in [1.82, 2.24) is 9.55 Å². The predicted molar refractivity (Wildman–Crippen MR) is 111 cm³/mol. The Hall–Kier alpha value is -3.19. The summed E-state index contributed by atoms with van der Waals surface area (Å²) in [5.41, 5.74) is -0.412. The first kappa shape index (κ1) is 19.6. The molecule has 0 atom stereocenters. The standard InChI is InChI=1S/C21H17BrN2O4/c22-16-9-6-15(7-10-16)8-11-17(25)18-19(26)23-21(28)24(20(18)27)13-12-14-4-2-1-3-5-14/h1-11,27H,12-13H2,(H,23,26,28)/b11-8+. The Morgan fingerprint density at radius 3 is 2.43 bits per heavy atom. The summed E-state index contributed by atoms with van der Waals surface area (Å²) in [6, 6.07) is 16.6. The second-order valence-corrected chi connectivity index (χ2v) is 7.01. The number of aromatic hydroxyl groups is 1. The van der Waals surface area contributed by atoms with Gasteiger partial charge in [0.05, 0.1) is 0 Å². The van der Waals surface area contributed by atoms with Crippen LogP contribution < -0.4 is 11.2 Å². The molecule has 0 unspecified atom stereocenters. The van der Waals surface area contributed by atoms with E-state index in [4.69, 9.17) is 0 Å². The van der Waals surface area contributed by atoms with Crippen LogP contribution in [0.1, 0.15) is 21.5 Å². The zero-order valence-corrected chi connectivity index (χ0v) is 16.3. The SMILES string of the molecule is O=C(/C=C/c1ccc(Br)cc1)c1c(O)n(CCc2ccccc2)c(=O)[nH]c1=O. The Morgan fingerprint density at radius 2 is 1.75 bits per heavy atom. The summed E-state index contributed by atoms with van der Waals surface area (Å²) < 4.78 is 1.89. The zero-order chi connectivity index (χ0) is 20.1. The topological polar surface area (TPSA) is 92.2 Å². The van der Waals surface area contributed by atoms with Crippen LogP contribution in [0.4, 0.5) is 0 Å². The molecule has 7 heteroatoms. The van der Waals surface area contributed by atoms with Gasteiger partial charge in [-0.2, -0.15) is 0 Å². The highest BCUT2D eigenvalue weighted by Crippen LogP contribution is 2.15. The van der Waals surface area contributed by atoms with Crippen molar-refractivity contribution in [3.8, 4) is 5.88 Å². The fraction of sp³-hybridized carbons (Fsp3) is 0.0952. The highest BCUT2D eigenvalue weighted by Gasteiger charge is 2.19. The molecule has 6 nitrogen and oxygen atoms in total. The summed E-state index contributed by atoms with van der Waals surface area (Å²) in [5, 5.41) is 10.4. The fourth-order valence-electron chi connectivity index (χ4n) is 2.70. The van der Waals surface area contributed by atoms with Gasteiger partial charge in [-0.25, -0.2) is 4.79 Å². The van der Waals surface area contributed by atoms with E-state index in [0.29, 0.717) is 6.42 Å². The number of halogens is 1. The van der Waals surface area contributed by atoms with Crippen molar-refractivity contribution in [2.45, 2.75) is 13.0 Å². The Bertz CT molecular complexity index is 1130. The van der Waals surface area contributed by atoms with Crippen molar-refractivity contribution >= 4 is 27.8 Å². The molecule has 28 heavy (non-hydrogen) atoms. The molecule has 0 fully saturated rings. The lowest BCUT2D eigenvalue weighted by Gasteiger charge is -2.10. The van der Waals surface area contributed by atoms with E-state index in [1.807, 2.05) is 42.5 Å². The van der Waals surface area contributed by atoms with E-state index in [1.165, 1.54) is 12.2 Å². The molecule has 0 radical (unpaired) electrons. The van der Waals surface area contributed by atoms with Crippen LogP contribution in [-0.4, -0.2) is 20.4 Å². The molecule has 0 aliphatic heterocycles. The van der Waals surface area contributed by atoms with Crippen LogP contribution in [0.15, 0.2) is 74.7 Å². The maximum Gasteiger partial charge on any atom is 0.331 e. The first-order chi connectivity index (χ1) is 13.5. The Morgan fingerprint density at radius 1 is 1.07 bits per heavy atom. The van der Waals surface area contributed by atoms with Crippen molar-refractivity contribution in [3.63, 3.8) is 0 Å². The number of aromatic amines is 1. The minimum atomic E-state index is -0.913. The molecule has 142 valence electrons. The maximum absolute atomic E-state index is 12.5. The van der Waals surface area contributed by atoms with Gasteiger partial charge in [-0.15, -0.1) is 0 Å². The van der Waals surface area contributed by atoms with E-state index in [-0.39, 0.29) is 6.54 Å². The van der Waals surface area contributed by atoms with Crippen LogP contribution in [0.2, 0.25) is 0 Å². The maximum atomic E-state index is 12.5. The van der Waals surface area contributed by atoms with Crippen molar-refractivity contribution in [2.75, 3.05) is 0 Å². The fourth-order valence-corrected chi connectivity index (χ4v) is 2.97. The van der Waals surface area contributed by atoms with E-state index in [2.05, 4.69) is 20.9 Å². The number of hydrogen-bond acceptors (Lipinski definition) is 4. The van der Waals surface area contributed by atoms with E-state index in [0.717, 1.165) is 20.2 Å². The molecule has 2 N–H and O–H groups in total. The van der Waals surface area contributed by atoms with Gasteiger partial charge in [-0.3, -0.25) is 19.1 Å². The average Bonchev–Trinajstić information content (AvgIpc) is 2.68.